The third-order valence-electron chi connectivity index (χ3n) is 4.00. The number of carbonyl (C=O) groups is 1. The molecule has 3 rings (SSSR count). The number of benzene rings is 2. The minimum atomic E-state index is -0.141. The number of nitrogens with one attached hydrogen (secondary N) is 1. The fraction of sp³-hybridized carbons (Fsp3) is 0.278. The second-order valence-corrected chi connectivity index (χ2v) is 6.05. The third-order valence-corrected chi connectivity index (χ3v) is 4.60. The van der Waals surface area contributed by atoms with Gasteiger partial charge < -0.3 is 10.1 Å². The SMILES string of the molecule is Cc1cc(OCNC(=O)N2CCc3ccccc32)cc(C)c1Cl. The first-order chi connectivity index (χ1) is 11.1. The first kappa shape index (κ1) is 15.7. The molecule has 0 aromatic heterocycles. The van der Waals surface area contributed by atoms with E-state index >= 15 is 0 Å². The summed E-state index contributed by atoms with van der Waals surface area (Å²) in [7, 11) is 0. The molecule has 2 aromatic rings. The van der Waals surface area contributed by atoms with Crippen molar-refractivity contribution in [3.63, 3.8) is 0 Å². The van der Waals surface area contributed by atoms with Crippen molar-refractivity contribution in [2.75, 3.05) is 18.2 Å². The fourth-order valence-electron chi connectivity index (χ4n) is 2.82. The molecule has 1 aliphatic rings. The molecule has 0 saturated carbocycles. The molecule has 2 amide bonds. The Morgan fingerprint density at radius 2 is 1.96 bits per heavy atom. The summed E-state index contributed by atoms with van der Waals surface area (Å²) in [6.07, 6.45) is 0.889. The number of urea groups is 1. The van der Waals surface area contributed by atoms with E-state index in [9.17, 15) is 4.79 Å². The molecule has 120 valence electrons. The van der Waals surface area contributed by atoms with Crippen LogP contribution in [0.2, 0.25) is 5.02 Å². The van der Waals surface area contributed by atoms with Gasteiger partial charge in [-0.05, 0) is 55.2 Å². The van der Waals surface area contributed by atoms with Gasteiger partial charge in [-0.3, -0.25) is 4.90 Å². The van der Waals surface area contributed by atoms with Crippen molar-refractivity contribution in [2.45, 2.75) is 20.3 Å². The summed E-state index contributed by atoms with van der Waals surface area (Å²) in [6, 6.07) is 11.6. The average Bonchev–Trinajstić information content (AvgIpc) is 2.96. The minimum Gasteiger partial charge on any atom is -0.473 e. The molecule has 0 atom stereocenters. The summed E-state index contributed by atoms with van der Waals surface area (Å²) in [5, 5.41) is 3.54. The van der Waals surface area contributed by atoms with Crippen LogP contribution in [-0.2, 0) is 6.42 Å². The van der Waals surface area contributed by atoms with E-state index < -0.39 is 0 Å². The van der Waals surface area contributed by atoms with E-state index in [1.54, 1.807) is 4.90 Å². The Hall–Kier alpha value is -2.20. The Labute approximate surface area is 141 Å². The first-order valence-corrected chi connectivity index (χ1v) is 7.97. The molecule has 23 heavy (non-hydrogen) atoms. The van der Waals surface area contributed by atoms with Gasteiger partial charge in [-0.1, -0.05) is 29.8 Å². The quantitative estimate of drug-likeness (QED) is 0.862. The highest BCUT2D eigenvalue weighted by atomic mass is 35.5. The summed E-state index contributed by atoms with van der Waals surface area (Å²) in [5.74, 6) is 0.700. The minimum absolute atomic E-state index is 0.123. The molecule has 2 aromatic carbocycles. The number of para-hydroxylation sites is 1. The number of rotatable bonds is 3. The zero-order valence-electron chi connectivity index (χ0n) is 13.2. The number of ether oxygens (including phenoxy) is 1. The Morgan fingerprint density at radius 3 is 2.70 bits per heavy atom. The number of fused-ring (bicyclic) bond motifs is 1. The molecule has 0 saturated heterocycles. The highest BCUT2D eigenvalue weighted by molar-refractivity contribution is 6.32. The maximum atomic E-state index is 12.3. The van der Waals surface area contributed by atoms with Crippen LogP contribution in [0.15, 0.2) is 36.4 Å². The van der Waals surface area contributed by atoms with Gasteiger partial charge in [0.25, 0.3) is 0 Å². The molecule has 1 heterocycles. The van der Waals surface area contributed by atoms with E-state index in [1.165, 1.54) is 5.56 Å². The van der Waals surface area contributed by atoms with Gasteiger partial charge >= 0.3 is 6.03 Å². The molecule has 1 N–H and O–H groups in total. The van der Waals surface area contributed by atoms with E-state index in [-0.39, 0.29) is 12.8 Å². The van der Waals surface area contributed by atoms with Crippen molar-refractivity contribution in [2.24, 2.45) is 0 Å². The molecule has 0 unspecified atom stereocenters. The normalized spacial score (nSPS) is 12.9. The van der Waals surface area contributed by atoms with Gasteiger partial charge in [0.2, 0.25) is 0 Å². The van der Waals surface area contributed by atoms with E-state index in [1.807, 2.05) is 44.2 Å². The van der Waals surface area contributed by atoms with Gasteiger partial charge in [0.05, 0.1) is 0 Å². The molecule has 0 bridgehead atoms. The Kier molecular flexibility index (Phi) is 4.44. The molecule has 5 heteroatoms. The highest BCUT2D eigenvalue weighted by Gasteiger charge is 2.23. The van der Waals surface area contributed by atoms with Gasteiger partial charge in [0, 0.05) is 17.3 Å². The van der Waals surface area contributed by atoms with Crippen molar-refractivity contribution in [3.05, 3.63) is 58.1 Å². The number of carbonyl (C=O) groups excluding carboxylic acids is 1. The van der Waals surface area contributed by atoms with Crippen LogP contribution in [-0.4, -0.2) is 19.3 Å². The maximum absolute atomic E-state index is 12.3. The molecule has 0 aliphatic carbocycles. The van der Waals surface area contributed by atoms with Crippen LogP contribution < -0.4 is 15.0 Å². The number of anilines is 1. The van der Waals surface area contributed by atoms with Crippen molar-refractivity contribution in [1.29, 1.82) is 0 Å². The van der Waals surface area contributed by atoms with Gasteiger partial charge in [-0.2, -0.15) is 0 Å². The molecule has 1 aliphatic heterocycles. The van der Waals surface area contributed by atoms with Crippen LogP contribution in [0.25, 0.3) is 0 Å². The van der Waals surface area contributed by atoms with Crippen LogP contribution in [0.1, 0.15) is 16.7 Å². The monoisotopic (exact) mass is 330 g/mol. The largest absolute Gasteiger partial charge is 0.473 e. The molecular weight excluding hydrogens is 312 g/mol. The first-order valence-electron chi connectivity index (χ1n) is 7.59. The molecule has 4 nitrogen and oxygen atoms in total. The zero-order valence-corrected chi connectivity index (χ0v) is 14.0. The summed E-state index contributed by atoms with van der Waals surface area (Å²) in [6.45, 7) is 4.69. The fourth-order valence-corrected chi connectivity index (χ4v) is 2.92. The van der Waals surface area contributed by atoms with Gasteiger partial charge in [-0.15, -0.1) is 0 Å². The van der Waals surface area contributed by atoms with E-state index in [0.717, 1.165) is 28.3 Å². The number of aryl methyl sites for hydroxylation is 2. The van der Waals surface area contributed by atoms with Crippen molar-refractivity contribution in [1.82, 2.24) is 5.32 Å². The molecule has 0 radical (unpaired) electrons. The standard InChI is InChI=1S/C18H19ClN2O2/c1-12-9-15(10-13(2)17(12)19)23-11-20-18(22)21-8-7-14-5-3-4-6-16(14)21/h3-6,9-10H,7-8,11H2,1-2H3,(H,20,22). The van der Waals surface area contributed by atoms with E-state index in [4.69, 9.17) is 16.3 Å². The third kappa shape index (κ3) is 3.27. The van der Waals surface area contributed by atoms with Crippen LogP contribution in [0.3, 0.4) is 0 Å². The van der Waals surface area contributed by atoms with Crippen LogP contribution in [0.4, 0.5) is 10.5 Å². The summed E-state index contributed by atoms with van der Waals surface area (Å²) in [4.78, 5) is 14.0. The predicted molar refractivity (Wildman–Crippen MR) is 92.4 cm³/mol. The number of halogens is 1. The number of hydrogen-bond acceptors (Lipinski definition) is 2. The lowest BCUT2D eigenvalue weighted by atomic mass is 10.1. The van der Waals surface area contributed by atoms with Crippen molar-refractivity contribution >= 4 is 23.3 Å². The van der Waals surface area contributed by atoms with Gasteiger partial charge in [0.15, 0.2) is 6.73 Å². The second kappa shape index (κ2) is 6.50. The highest BCUT2D eigenvalue weighted by Crippen LogP contribution is 2.27. The molecule has 0 fully saturated rings. The lowest BCUT2D eigenvalue weighted by molar-refractivity contribution is 0.229. The summed E-state index contributed by atoms with van der Waals surface area (Å²) in [5.41, 5.74) is 4.10. The number of nitrogens with zero attached hydrogens (tertiary/aromatic N) is 1. The topological polar surface area (TPSA) is 41.6 Å². The summed E-state index contributed by atoms with van der Waals surface area (Å²) >= 11 is 6.14. The van der Waals surface area contributed by atoms with Crippen LogP contribution >= 0.6 is 11.6 Å². The van der Waals surface area contributed by atoms with Crippen LogP contribution in [0.5, 0.6) is 5.75 Å². The van der Waals surface area contributed by atoms with Gasteiger partial charge in [-0.25, -0.2) is 4.79 Å². The van der Waals surface area contributed by atoms with Crippen molar-refractivity contribution in [3.8, 4) is 5.75 Å². The number of hydrogen-bond donors (Lipinski definition) is 1. The van der Waals surface area contributed by atoms with E-state index in [0.29, 0.717) is 12.3 Å². The Morgan fingerprint density at radius 1 is 1.26 bits per heavy atom. The Bertz CT molecular complexity index is 723. The lowest BCUT2D eigenvalue weighted by Crippen LogP contribution is -2.40. The average molecular weight is 331 g/mol. The maximum Gasteiger partial charge on any atom is 0.324 e. The molecule has 0 spiro atoms. The number of amides is 2. The van der Waals surface area contributed by atoms with Crippen LogP contribution in [0, 0.1) is 13.8 Å². The van der Waals surface area contributed by atoms with Gasteiger partial charge in [0.1, 0.15) is 5.75 Å². The van der Waals surface area contributed by atoms with E-state index in [2.05, 4.69) is 11.4 Å². The summed E-state index contributed by atoms with van der Waals surface area (Å²) < 4.78 is 5.62. The second-order valence-electron chi connectivity index (χ2n) is 5.67. The zero-order chi connectivity index (χ0) is 16.4. The molecular formula is C18H19ClN2O2. The lowest BCUT2D eigenvalue weighted by Gasteiger charge is -2.18. The van der Waals surface area contributed by atoms with Crippen molar-refractivity contribution < 1.29 is 9.53 Å². The Balaban J connectivity index is 1.58. The predicted octanol–water partition coefficient (Wildman–Crippen LogP) is 4.07. The smallest absolute Gasteiger partial charge is 0.324 e.